The molecule has 2 aromatic rings. The first-order chi connectivity index (χ1) is 12.7. The third-order valence-corrected chi connectivity index (χ3v) is 5.19. The van der Waals surface area contributed by atoms with Crippen LogP contribution in [-0.4, -0.2) is 6.54 Å². The van der Waals surface area contributed by atoms with Crippen LogP contribution in [0.2, 0.25) is 0 Å². The quantitative estimate of drug-likeness (QED) is 0.551. The highest BCUT2D eigenvalue weighted by molar-refractivity contribution is 5.96. The lowest BCUT2D eigenvalue weighted by atomic mass is 9.70. The monoisotopic (exact) mass is 343 g/mol. The normalized spacial score (nSPS) is 18.6. The fourth-order valence-corrected chi connectivity index (χ4v) is 3.90. The lowest BCUT2D eigenvalue weighted by Crippen LogP contribution is -2.35. The van der Waals surface area contributed by atoms with Gasteiger partial charge in [-0.15, -0.1) is 0 Å². The molecule has 0 heterocycles. The molecular formula is C25H29N. The first-order valence-electron chi connectivity index (χ1n) is 9.69. The minimum absolute atomic E-state index is 0.223. The summed E-state index contributed by atoms with van der Waals surface area (Å²) in [5.74, 6) is 0. The largest absolute Gasteiger partial charge is 0.388 e. The van der Waals surface area contributed by atoms with Crippen LogP contribution in [0.15, 0.2) is 79.0 Å². The topological polar surface area (TPSA) is 12.0 Å². The summed E-state index contributed by atoms with van der Waals surface area (Å²) < 4.78 is 0. The second-order valence-electron chi connectivity index (χ2n) is 6.91. The summed E-state index contributed by atoms with van der Waals surface area (Å²) in [6, 6.07) is 19.5. The Bertz CT molecular complexity index is 813. The van der Waals surface area contributed by atoms with Crippen LogP contribution < -0.4 is 5.32 Å². The summed E-state index contributed by atoms with van der Waals surface area (Å²) in [7, 11) is 0. The van der Waals surface area contributed by atoms with Crippen molar-refractivity contribution >= 4 is 11.6 Å². The molecule has 0 radical (unpaired) electrons. The highest BCUT2D eigenvalue weighted by atomic mass is 14.9. The number of fused-ring (bicyclic) bond motifs is 1. The van der Waals surface area contributed by atoms with Gasteiger partial charge in [0.25, 0.3) is 0 Å². The SMILES string of the molecule is C=C(NCCC)C1(C/C=C/CC)C(c2ccccc2)=Cc2ccccc21. The van der Waals surface area contributed by atoms with Gasteiger partial charge in [-0.25, -0.2) is 0 Å². The summed E-state index contributed by atoms with van der Waals surface area (Å²) >= 11 is 0. The minimum atomic E-state index is -0.223. The molecule has 0 saturated heterocycles. The maximum absolute atomic E-state index is 4.51. The van der Waals surface area contributed by atoms with E-state index in [1.165, 1.54) is 22.3 Å². The zero-order valence-corrected chi connectivity index (χ0v) is 16.0. The molecule has 134 valence electrons. The summed E-state index contributed by atoms with van der Waals surface area (Å²) in [5.41, 5.74) is 6.14. The third kappa shape index (κ3) is 3.26. The molecule has 1 N–H and O–H groups in total. The molecule has 3 rings (SSSR count). The van der Waals surface area contributed by atoms with Crippen molar-refractivity contribution in [1.29, 1.82) is 0 Å². The first-order valence-corrected chi connectivity index (χ1v) is 9.69. The van der Waals surface area contributed by atoms with Gasteiger partial charge in [0.15, 0.2) is 0 Å². The molecule has 26 heavy (non-hydrogen) atoms. The van der Waals surface area contributed by atoms with Crippen molar-refractivity contribution in [2.45, 2.75) is 38.5 Å². The van der Waals surface area contributed by atoms with E-state index in [-0.39, 0.29) is 5.41 Å². The van der Waals surface area contributed by atoms with Crippen molar-refractivity contribution in [3.63, 3.8) is 0 Å². The van der Waals surface area contributed by atoms with Crippen molar-refractivity contribution in [2.75, 3.05) is 6.54 Å². The van der Waals surface area contributed by atoms with Gasteiger partial charge in [0.1, 0.15) is 0 Å². The lowest BCUT2D eigenvalue weighted by molar-refractivity contribution is 0.591. The van der Waals surface area contributed by atoms with Gasteiger partial charge in [-0.3, -0.25) is 0 Å². The van der Waals surface area contributed by atoms with Gasteiger partial charge < -0.3 is 5.32 Å². The van der Waals surface area contributed by atoms with Crippen LogP contribution in [0.3, 0.4) is 0 Å². The zero-order chi connectivity index (χ0) is 18.4. The highest BCUT2D eigenvalue weighted by Gasteiger charge is 2.43. The Morgan fingerprint density at radius 3 is 2.46 bits per heavy atom. The van der Waals surface area contributed by atoms with Crippen LogP contribution in [0.25, 0.3) is 11.6 Å². The average molecular weight is 344 g/mol. The fourth-order valence-electron chi connectivity index (χ4n) is 3.90. The first kappa shape index (κ1) is 18.3. The van der Waals surface area contributed by atoms with E-state index in [1.54, 1.807) is 0 Å². The van der Waals surface area contributed by atoms with Crippen molar-refractivity contribution in [3.05, 3.63) is 95.7 Å². The van der Waals surface area contributed by atoms with Gasteiger partial charge in [0.05, 0.1) is 5.41 Å². The van der Waals surface area contributed by atoms with Crippen LogP contribution in [0.5, 0.6) is 0 Å². The molecule has 1 nitrogen and oxygen atoms in total. The third-order valence-electron chi connectivity index (χ3n) is 5.19. The van der Waals surface area contributed by atoms with E-state index in [0.717, 1.165) is 31.5 Å². The molecule has 0 fully saturated rings. The van der Waals surface area contributed by atoms with Crippen LogP contribution in [0.4, 0.5) is 0 Å². The van der Waals surface area contributed by atoms with E-state index in [0.29, 0.717) is 0 Å². The molecule has 0 saturated carbocycles. The molecule has 1 heteroatoms. The molecule has 1 aliphatic carbocycles. The molecule has 0 aliphatic heterocycles. The number of benzene rings is 2. The van der Waals surface area contributed by atoms with E-state index < -0.39 is 0 Å². The van der Waals surface area contributed by atoms with E-state index in [9.17, 15) is 0 Å². The number of allylic oxidation sites excluding steroid dienone is 3. The van der Waals surface area contributed by atoms with Crippen molar-refractivity contribution in [2.24, 2.45) is 0 Å². The second-order valence-corrected chi connectivity index (χ2v) is 6.91. The van der Waals surface area contributed by atoms with Gasteiger partial charge in [-0.1, -0.05) is 87.2 Å². The summed E-state index contributed by atoms with van der Waals surface area (Å²) in [6.45, 7) is 9.84. The maximum atomic E-state index is 4.51. The Balaban J connectivity index is 2.17. The molecule has 1 aliphatic rings. The summed E-state index contributed by atoms with van der Waals surface area (Å²) in [6.07, 6.45) is 10.00. The van der Waals surface area contributed by atoms with Crippen LogP contribution in [0, 0.1) is 0 Å². The van der Waals surface area contributed by atoms with Crippen molar-refractivity contribution in [3.8, 4) is 0 Å². The van der Waals surface area contributed by atoms with E-state index >= 15 is 0 Å². The number of rotatable bonds is 8. The molecule has 0 amide bonds. The summed E-state index contributed by atoms with van der Waals surface area (Å²) in [4.78, 5) is 0. The predicted octanol–water partition coefficient (Wildman–Crippen LogP) is 6.35. The maximum Gasteiger partial charge on any atom is 0.0638 e. The van der Waals surface area contributed by atoms with Crippen LogP contribution in [0.1, 0.15) is 49.8 Å². The van der Waals surface area contributed by atoms with Gasteiger partial charge in [-0.2, -0.15) is 0 Å². The molecule has 1 unspecified atom stereocenters. The minimum Gasteiger partial charge on any atom is -0.388 e. The molecule has 0 aromatic heterocycles. The summed E-state index contributed by atoms with van der Waals surface area (Å²) in [5, 5.41) is 3.61. The molecule has 0 spiro atoms. The van der Waals surface area contributed by atoms with Crippen molar-refractivity contribution in [1.82, 2.24) is 5.32 Å². The Kier molecular flexibility index (Phi) is 5.78. The van der Waals surface area contributed by atoms with E-state index in [1.807, 2.05) is 0 Å². The van der Waals surface area contributed by atoms with Crippen molar-refractivity contribution < 1.29 is 0 Å². The average Bonchev–Trinajstić information content (AvgIpc) is 3.02. The number of nitrogens with one attached hydrogen (secondary N) is 1. The lowest BCUT2D eigenvalue weighted by Gasteiger charge is -2.36. The molecule has 0 bridgehead atoms. The van der Waals surface area contributed by atoms with Gasteiger partial charge in [0, 0.05) is 12.2 Å². The zero-order valence-electron chi connectivity index (χ0n) is 16.0. The van der Waals surface area contributed by atoms with Gasteiger partial charge >= 0.3 is 0 Å². The number of hydrogen-bond acceptors (Lipinski definition) is 1. The Hall–Kier alpha value is -2.54. The predicted molar refractivity (Wildman–Crippen MR) is 114 cm³/mol. The fraction of sp³-hybridized carbons (Fsp3) is 0.280. The molecule has 2 aromatic carbocycles. The number of hydrogen-bond donors (Lipinski definition) is 1. The van der Waals surface area contributed by atoms with E-state index in [4.69, 9.17) is 0 Å². The van der Waals surface area contributed by atoms with Crippen LogP contribution >= 0.6 is 0 Å². The smallest absolute Gasteiger partial charge is 0.0638 e. The Labute approximate surface area is 158 Å². The standard InChI is InChI=1S/C25H29N/c1-4-6-12-17-25(20(3)26-18-5-2)23-16-11-10-15-22(23)19-24(25)21-13-8-7-9-14-21/h6-16,19,26H,3-5,17-18H2,1-2H3/b12-6+. The second kappa shape index (κ2) is 8.23. The molecule has 1 atom stereocenters. The van der Waals surface area contributed by atoms with Crippen LogP contribution in [-0.2, 0) is 5.41 Å². The molecular weight excluding hydrogens is 314 g/mol. The highest BCUT2D eigenvalue weighted by Crippen LogP contribution is 2.52. The van der Waals surface area contributed by atoms with E-state index in [2.05, 4.69) is 98.6 Å². The van der Waals surface area contributed by atoms with Gasteiger partial charge in [-0.05, 0) is 47.6 Å². The Morgan fingerprint density at radius 2 is 1.73 bits per heavy atom. The van der Waals surface area contributed by atoms with Gasteiger partial charge in [0.2, 0.25) is 0 Å². The Morgan fingerprint density at radius 1 is 1.00 bits per heavy atom.